The largest absolute Gasteiger partial charge is 0.478 e. The number of hydrogen-bond donors (Lipinski definition) is 2. The Morgan fingerprint density at radius 2 is 1.64 bits per heavy atom. The highest BCUT2D eigenvalue weighted by molar-refractivity contribution is 6.18. The van der Waals surface area contributed by atoms with Crippen LogP contribution in [0.25, 0.3) is 0 Å². The van der Waals surface area contributed by atoms with Gasteiger partial charge in [-0.25, -0.2) is 4.79 Å². The standard InChI is InChI=1S/C14H19F3N2O3/c1-7(11(13(21)22)12(18)14(15,16)17)19-10-5-3-9(4-6-10)8(2)20/h9-10H,3-6,18H2,1-2H3,(H,21,22). The topological polar surface area (TPSA) is 92.8 Å². The molecule has 3 N–H and O–H groups in total. The van der Waals surface area contributed by atoms with Crippen LogP contribution >= 0.6 is 0 Å². The van der Waals surface area contributed by atoms with Gasteiger partial charge in [0.1, 0.15) is 17.1 Å². The van der Waals surface area contributed by atoms with Crippen molar-refractivity contribution in [1.29, 1.82) is 0 Å². The first-order valence-electron chi connectivity index (χ1n) is 6.89. The molecule has 1 saturated carbocycles. The molecule has 0 spiro atoms. The average molecular weight is 320 g/mol. The zero-order chi connectivity index (χ0) is 17.1. The van der Waals surface area contributed by atoms with Crippen LogP contribution in [0, 0.1) is 5.92 Å². The number of aliphatic imine (C=N–C) groups is 1. The number of nitrogens with zero attached hydrogens (tertiary/aromatic N) is 1. The molecule has 0 aromatic carbocycles. The van der Waals surface area contributed by atoms with Crippen molar-refractivity contribution in [3.8, 4) is 0 Å². The van der Waals surface area contributed by atoms with Gasteiger partial charge in [-0.05, 0) is 39.5 Å². The van der Waals surface area contributed by atoms with Crippen molar-refractivity contribution in [2.75, 3.05) is 0 Å². The molecule has 0 aromatic heterocycles. The molecule has 0 radical (unpaired) electrons. The number of aliphatic carboxylic acids is 1. The molecule has 5 nitrogen and oxygen atoms in total. The summed E-state index contributed by atoms with van der Waals surface area (Å²) < 4.78 is 37.8. The second-order valence-electron chi connectivity index (χ2n) is 5.42. The van der Waals surface area contributed by atoms with E-state index in [4.69, 9.17) is 10.8 Å². The van der Waals surface area contributed by atoms with E-state index in [9.17, 15) is 22.8 Å². The summed E-state index contributed by atoms with van der Waals surface area (Å²) in [7, 11) is 0. The SMILES string of the molecule is CC(=O)C1CCC(N=C(C)C(C(=O)O)=C(N)C(F)(F)F)CC1. The normalized spacial score (nSPS) is 24.7. The fourth-order valence-corrected chi connectivity index (χ4v) is 2.56. The summed E-state index contributed by atoms with van der Waals surface area (Å²) in [5, 5.41) is 8.96. The maximum absolute atomic E-state index is 12.6. The Balaban J connectivity index is 2.95. The Morgan fingerprint density at radius 1 is 1.14 bits per heavy atom. The molecule has 0 saturated heterocycles. The lowest BCUT2D eigenvalue weighted by Crippen LogP contribution is -2.28. The smallest absolute Gasteiger partial charge is 0.431 e. The highest BCUT2D eigenvalue weighted by Gasteiger charge is 2.37. The fourth-order valence-electron chi connectivity index (χ4n) is 2.56. The quantitative estimate of drug-likeness (QED) is 0.614. The predicted octanol–water partition coefficient (Wildman–Crippen LogP) is 2.45. The van der Waals surface area contributed by atoms with Gasteiger partial charge in [-0.1, -0.05) is 0 Å². The zero-order valence-corrected chi connectivity index (χ0v) is 12.4. The van der Waals surface area contributed by atoms with Crippen LogP contribution in [0.5, 0.6) is 0 Å². The van der Waals surface area contributed by atoms with Gasteiger partial charge in [0.05, 0.1) is 6.04 Å². The van der Waals surface area contributed by atoms with Gasteiger partial charge < -0.3 is 10.8 Å². The zero-order valence-electron chi connectivity index (χ0n) is 12.4. The van der Waals surface area contributed by atoms with Gasteiger partial charge >= 0.3 is 12.1 Å². The predicted molar refractivity (Wildman–Crippen MR) is 74.4 cm³/mol. The molecule has 0 aromatic rings. The number of carbonyl (C=O) groups is 2. The number of carbonyl (C=O) groups excluding carboxylic acids is 1. The minimum absolute atomic E-state index is 0.0403. The molecule has 0 atom stereocenters. The number of ketones is 1. The molecule has 1 rings (SSSR count). The molecular formula is C14H19F3N2O3. The molecule has 1 fully saturated rings. The minimum atomic E-state index is -4.92. The van der Waals surface area contributed by atoms with Crippen LogP contribution < -0.4 is 5.73 Å². The van der Waals surface area contributed by atoms with E-state index in [2.05, 4.69) is 4.99 Å². The van der Waals surface area contributed by atoms with Crippen molar-refractivity contribution in [2.24, 2.45) is 16.6 Å². The van der Waals surface area contributed by atoms with Gasteiger partial charge in [-0.3, -0.25) is 9.79 Å². The molecule has 124 valence electrons. The lowest BCUT2D eigenvalue weighted by Gasteiger charge is -2.25. The number of rotatable bonds is 4. The molecule has 0 heterocycles. The molecular weight excluding hydrogens is 301 g/mol. The van der Waals surface area contributed by atoms with Crippen molar-refractivity contribution in [3.63, 3.8) is 0 Å². The Morgan fingerprint density at radius 3 is 2.00 bits per heavy atom. The molecule has 0 unspecified atom stereocenters. The van der Waals surface area contributed by atoms with Crippen molar-refractivity contribution in [3.05, 3.63) is 11.3 Å². The minimum Gasteiger partial charge on any atom is -0.478 e. The molecule has 1 aliphatic rings. The molecule has 1 aliphatic carbocycles. The van der Waals surface area contributed by atoms with Gasteiger partial charge in [-0.15, -0.1) is 0 Å². The molecule has 8 heteroatoms. The van der Waals surface area contributed by atoms with Gasteiger partial charge in [0.15, 0.2) is 0 Å². The van der Waals surface area contributed by atoms with Crippen LogP contribution in [-0.2, 0) is 9.59 Å². The third-order valence-electron chi connectivity index (χ3n) is 3.80. The maximum Gasteiger partial charge on any atom is 0.431 e. The van der Waals surface area contributed by atoms with E-state index in [1.54, 1.807) is 0 Å². The molecule has 22 heavy (non-hydrogen) atoms. The first kappa shape index (κ1) is 18.2. The van der Waals surface area contributed by atoms with E-state index < -0.39 is 23.4 Å². The van der Waals surface area contributed by atoms with Crippen LogP contribution in [0.4, 0.5) is 13.2 Å². The molecule has 0 amide bonds. The maximum atomic E-state index is 12.6. The first-order chi connectivity index (χ1) is 10.0. The first-order valence-corrected chi connectivity index (χ1v) is 6.89. The number of alkyl halides is 3. The van der Waals surface area contributed by atoms with E-state index in [1.165, 1.54) is 13.8 Å². The number of nitrogens with two attached hydrogens (primary N) is 1. The number of hydrogen-bond acceptors (Lipinski definition) is 4. The van der Waals surface area contributed by atoms with E-state index in [-0.39, 0.29) is 23.5 Å². The summed E-state index contributed by atoms with van der Waals surface area (Å²) in [6, 6.07) is -0.286. The molecule has 0 bridgehead atoms. The highest BCUT2D eigenvalue weighted by Crippen LogP contribution is 2.29. The van der Waals surface area contributed by atoms with Crippen LogP contribution in [0.15, 0.2) is 16.3 Å². The van der Waals surface area contributed by atoms with Crippen LogP contribution in [-0.4, -0.2) is 34.8 Å². The lowest BCUT2D eigenvalue weighted by molar-refractivity contribution is -0.133. The van der Waals surface area contributed by atoms with E-state index in [0.29, 0.717) is 25.7 Å². The number of halogens is 3. The Hall–Kier alpha value is -1.86. The Labute approximate surface area is 126 Å². The van der Waals surface area contributed by atoms with Crippen molar-refractivity contribution in [2.45, 2.75) is 51.7 Å². The van der Waals surface area contributed by atoms with E-state index in [0.717, 1.165) is 0 Å². The third kappa shape index (κ3) is 4.57. The Bertz CT molecular complexity index is 516. The highest BCUT2D eigenvalue weighted by atomic mass is 19.4. The fraction of sp³-hybridized carbons (Fsp3) is 0.643. The number of allylic oxidation sites excluding steroid dienone is 1. The summed E-state index contributed by atoms with van der Waals surface area (Å²) in [5.41, 5.74) is 2.00. The Kier molecular flexibility index (Phi) is 5.73. The number of Topliss-reactive ketones (excluding diaryl/α,β-unsaturated/α-hetero) is 1. The van der Waals surface area contributed by atoms with Crippen molar-refractivity contribution >= 4 is 17.5 Å². The van der Waals surface area contributed by atoms with E-state index >= 15 is 0 Å². The van der Waals surface area contributed by atoms with Gasteiger partial charge in [-0.2, -0.15) is 13.2 Å². The monoisotopic (exact) mass is 320 g/mol. The second kappa shape index (κ2) is 6.93. The summed E-state index contributed by atoms with van der Waals surface area (Å²) >= 11 is 0. The van der Waals surface area contributed by atoms with E-state index in [1.807, 2.05) is 0 Å². The van der Waals surface area contributed by atoms with Crippen molar-refractivity contribution in [1.82, 2.24) is 0 Å². The van der Waals surface area contributed by atoms with Gasteiger partial charge in [0.25, 0.3) is 0 Å². The second-order valence-corrected chi connectivity index (χ2v) is 5.42. The van der Waals surface area contributed by atoms with Crippen molar-refractivity contribution < 1.29 is 27.9 Å². The summed E-state index contributed by atoms with van der Waals surface area (Å²) in [6.07, 6.45) is -2.62. The number of carboxylic acid groups (broad SMARTS) is 1. The summed E-state index contributed by atoms with van der Waals surface area (Å²) in [6.45, 7) is 2.72. The third-order valence-corrected chi connectivity index (χ3v) is 3.80. The van der Waals surface area contributed by atoms with Crippen LogP contribution in [0.2, 0.25) is 0 Å². The van der Waals surface area contributed by atoms with Crippen LogP contribution in [0.3, 0.4) is 0 Å². The van der Waals surface area contributed by atoms with Crippen LogP contribution in [0.1, 0.15) is 39.5 Å². The lowest BCUT2D eigenvalue weighted by atomic mass is 9.84. The molecule has 0 aliphatic heterocycles. The summed E-state index contributed by atoms with van der Waals surface area (Å²) in [5.74, 6) is -1.71. The number of carboxylic acids is 1. The summed E-state index contributed by atoms with van der Waals surface area (Å²) in [4.78, 5) is 26.4. The van der Waals surface area contributed by atoms with Gasteiger partial charge in [0.2, 0.25) is 0 Å². The average Bonchev–Trinajstić information content (AvgIpc) is 2.37. The van der Waals surface area contributed by atoms with Gasteiger partial charge in [0, 0.05) is 11.6 Å².